The lowest BCUT2D eigenvalue weighted by atomic mass is 10.1. The second kappa shape index (κ2) is 8.73. The lowest BCUT2D eigenvalue weighted by Gasteiger charge is -2.20. The fourth-order valence-electron chi connectivity index (χ4n) is 3.32. The molecule has 3 aromatic rings. The normalized spacial score (nSPS) is 13.3. The number of halogens is 3. The first-order valence-corrected chi connectivity index (χ1v) is 9.80. The Morgan fingerprint density at radius 2 is 1.74 bits per heavy atom. The van der Waals surface area contributed by atoms with Crippen molar-refractivity contribution < 1.29 is 23.1 Å². The number of carbonyl (C=O) groups excluding carboxylic acids is 2. The molecule has 0 fully saturated rings. The van der Waals surface area contributed by atoms with Crippen molar-refractivity contribution in [2.75, 3.05) is 11.9 Å². The topological polar surface area (TPSA) is 58.6 Å². The Morgan fingerprint density at radius 1 is 1.03 bits per heavy atom. The average molecular weight is 443 g/mol. The van der Waals surface area contributed by atoms with Crippen molar-refractivity contribution in [1.29, 1.82) is 0 Å². The summed E-state index contributed by atoms with van der Waals surface area (Å²) in [6, 6.07) is 14.7. The number of amides is 2. The lowest BCUT2D eigenvalue weighted by molar-refractivity contribution is -0.133. The molecule has 0 radical (unpaired) electrons. The lowest BCUT2D eigenvalue weighted by Crippen LogP contribution is -2.31. The van der Waals surface area contributed by atoms with Crippen molar-refractivity contribution in [3.63, 3.8) is 0 Å². The molecule has 0 unspecified atom stereocenters. The Morgan fingerprint density at radius 3 is 2.45 bits per heavy atom. The zero-order valence-corrected chi connectivity index (χ0v) is 17.0. The van der Waals surface area contributed by atoms with Crippen molar-refractivity contribution in [3.05, 3.63) is 94.0 Å². The highest BCUT2D eigenvalue weighted by molar-refractivity contribution is 6.30. The molecule has 3 aromatic carbocycles. The van der Waals surface area contributed by atoms with E-state index in [4.69, 9.17) is 16.3 Å². The Kier molecular flexibility index (Phi) is 5.86. The number of fused-ring (bicyclic) bond motifs is 1. The van der Waals surface area contributed by atoms with Gasteiger partial charge in [-0.25, -0.2) is 8.78 Å². The molecule has 1 N–H and O–H groups in total. The Bertz CT molecular complexity index is 1130. The maximum atomic E-state index is 13.5. The second-order valence-electron chi connectivity index (χ2n) is 7.10. The van der Waals surface area contributed by atoms with Gasteiger partial charge in [-0.3, -0.25) is 9.59 Å². The van der Waals surface area contributed by atoms with Crippen LogP contribution in [0.2, 0.25) is 5.02 Å². The SMILES string of the molecule is O=C(Nc1ccc2c(c1)CN(Cc1cc(F)cc(F)c1)C(=O)CO2)c1ccc(Cl)cc1. The van der Waals surface area contributed by atoms with E-state index in [1.165, 1.54) is 17.0 Å². The third-order valence-electron chi connectivity index (χ3n) is 4.79. The molecular weight excluding hydrogens is 426 g/mol. The summed E-state index contributed by atoms with van der Waals surface area (Å²) in [5.74, 6) is -1.53. The zero-order valence-electron chi connectivity index (χ0n) is 16.2. The molecule has 2 amide bonds. The van der Waals surface area contributed by atoms with E-state index in [0.29, 0.717) is 33.1 Å². The van der Waals surface area contributed by atoms with Gasteiger partial charge >= 0.3 is 0 Å². The third kappa shape index (κ3) is 5.00. The van der Waals surface area contributed by atoms with Gasteiger partial charge in [0.25, 0.3) is 11.8 Å². The first-order valence-electron chi connectivity index (χ1n) is 9.43. The molecule has 8 heteroatoms. The summed E-state index contributed by atoms with van der Waals surface area (Å²) in [6.07, 6.45) is 0. The molecular formula is C23H17ClF2N2O3. The number of anilines is 1. The van der Waals surface area contributed by atoms with E-state index in [-0.39, 0.29) is 31.5 Å². The molecule has 0 aliphatic carbocycles. The van der Waals surface area contributed by atoms with Crippen LogP contribution < -0.4 is 10.1 Å². The largest absolute Gasteiger partial charge is 0.483 e. The van der Waals surface area contributed by atoms with Crippen LogP contribution in [-0.4, -0.2) is 23.3 Å². The van der Waals surface area contributed by atoms with Crippen molar-refractivity contribution in [1.82, 2.24) is 4.90 Å². The van der Waals surface area contributed by atoms with Gasteiger partial charge in [0.1, 0.15) is 17.4 Å². The smallest absolute Gasteiger partial charge is 0.261 e. The number of hydrogen-bond donors (Lipinski definition) is 1. The predicted molar refractivity (Wildman–Crippen MR) is 112 cm³/mol. The number of carbonyl (C=O) groups is 2. The number of nitrogens with one attached hydrogen (secondary N) is 1. The Balaban J connectivity index is 1.54. The number of ether oxygens (including phenoxy) is 1. The maximum Gasteiger partial charge on any atom is 0.261 e. The summed E-state index contributed by atoms with van der Waals surface area (Å²) < 4.78 is 32.6. The fraction of sp³-hybridized carbons (Fsp3) is 0.130. The van der Waals surface area contributed by atoms with Crippen LogP contribution in [-0.2, 0) is 17.9 Å². The van der Waals surface area contributed by atoms with E-state index >= 15 is 0 Å². The van der Waals surface area contributed by atoms with E-state index in [1.807, 2.05) is 0 Å². The minimum Gasteiger partial charge on any atom is -0.483 e. The van der Waals surface area contributed by atoms with Crippen LogP contribution in [0.5, 0.6) is 5.75 Å². The van der Waals surface area contributed by atoms with Crippen LogP contribution in [0.25, 0.3) is 0 Å². The molecule has 0 atom stereocenters. The summed E-state index contributed by atoms with van der Waals surface area (Å²) in [7, 11) is 0. The highest BCUT2D eigenvalue weighted by atomic mass is 35.5. The molecule has 0 aromatic heterocycles. The summed E-state index contributed by atoms with van der Waals surface area (Å²) in [4.78, 5) is 26.4. The van der Waals surface area contributed by atoms with Crippen LogP contribution in [0.4, 0.5) is 14.5 Å². The van der Waals surface area contributed by atoms with Crippen LogP contribution in [0, 0.1) is 11.6 Å². The highest BCUT2D eigenvalue weighted by Gasteiger charge is 2.22. The van der Waals surface area contributed by atoms with Crippen LogP contribution >= 0.6 is 11.6 Å². The van der Waals surface area contributed by atoms with Crippen LogP contribution in [0.1, 0.15) is 21.5 Å². The van der Waals surface area contributed by atoms with E-state index < -0.39 is 11.6 Å². The maximum absolute atomic E-state index is 13.5. The van der Waals surface area contributed by atoms with E-state index in [2.05, 4.69) is 5.32 Å². The van der Waals surface area contributed by atoms with Crippen LogP contribution in [0.3, 0.4) is 0 Å². The molecule has 1 heterocycles. The van der Waals surface area contributed by atoms with Gasteiger partial charge < -0.3 is 15.0 Å². The molecule has 0 bridgehead atoms. The van der Waals surface area contributed by atoms with Crippen molar-refractivity contribution in [3.8, 4) is 5.75 Å². The number of rotatable bonds is 4. The van der Waals surface area contributed by atoms with Crippen molar-refractivity contribution in [2.24, 2.45) is 0 Å². The third-order valence-corrected chi connectivity index (χ3v) is 5.04. The van der Waals surface area contributed by atoms with Gasteiger partial charge in [0, 0.05) is 41.0 Å². The van der Waals surface area contributed by atoms with E-state index in [9.17, 15) is 18.4 Å². The van der Waals surface area contributed by atoms with Crippen LogP contribution in [0.15, 0.2) is 60.7 Å². The monoisotopic (exact) mass is 442 g/mol. The van der Waals surface area contributed by atoms with Crippen molar-refractivity contribution >= 4 is 29.1 Å². The van der Waals surface area contributed by atoms with E-state index in [1.54, 1.807) is 42.5 Å². The average Bonchev–Trinajstić information content (AvgIpc) is 2.86. The quantitative estimate of drug-likeness (QED) is 0.632. The minimum absolute atomic E-state index is 0.0255. The molecule has 5 nitrogen and oxygen atoms in total. The van der Waals surface area contributed by atoms with Crippen molar-refractivity contribution in [2.45, 2.75) is 13.1 Å². The number of nitrogens with zero attached hydrogens (tertiary/aromatic N) is 1. The predicted octanol–water partition coefficient (Wildman–Crippen LogP) is 4.79. The number of hydrogen-bond acceptors (Lipinski definition) is 3. The van der Waals surface area contributed by atoms with Gasteiger partial charge in [0.15, 0.2) is 6.61 Å². The molecule has 0 saturated heterocycles. The zero-order chi connectivity index (χ0) is 22.0. The number of benzene rings is 3. The molecule has 31 heavy (non-hydrogen) atoms. The van der Waals surface area contributed by atoms with Gasteiger partial charge in [0.2, 0.25) is 0 Å². The van der Waals surface area contributed by atoms with Gasteiger partial charge in [-0.1, -0.05) is 11.6 Å². The van der Waals surface area contributed by atoms with Gasteiger partial charge in [0.05, 0.1) is 0 Å². The van der Waals surface area contributed by atoms with Gasteiger partial charge in [-0.2, -0.15) is 0 Å². The molecule has 1 aliphatic rings. The summed E-state index contributed by atoms with van der Waals surface area (Å²) in [5.41, 5.74) is 1.96. The van der Waals surface area contributed by atoms with E-state index in [0.717, 1.165) is 6.07 Å². The summed E-state index contributed by atoms with van der Waals surface area (Å²) in [5, 5.41) is 3.33. The Labute approximate surface area is 182 Å². The minimum atomic E-state index is -0.707. The highest BCUT2D eigenvalue weighted by Crippen LogP contribution is 2.28. The molecule has 4 rings (SSSR count). The standard InChI is InChI=1S/C23H17ClF2N2O3/c24-17-3-1-15(2-4-17)23(30)27-20-5-6-21-16(9-20)12-28(22(29)13-31-21)11-14-7-18(25)10-19(26)8-14/h1-10H,11-13H2,(H,27,30). The summed E-state index contributed by atoms with van der Waals surface area (Å²) >= 11 is 5.85. The first kappa shape index (κ1) is 20.8. The molecule has 0 saturated carbocycles. The van der Waals surface area contributed by atoms with Gasteiger partial charge in [-0.05, 0) is 60.2 Å². The molecule has 1 aliphatic heterocycles. The summed E-state index contributed by atoms with van der Waals surface area (Å²) in [6.45, 7) is -0.00406. The fourth-order valence-corrected chi connectivity index (χ4v) is 3.44. The molecule has 0 spiro atoms. The Hall–Kier alpha value is -3.45. The second-order valence-corrected chi connectivity index (χ2v) is 7.54. The molecule has 158 valence electrons. The first-order chi connectivity index (χ1) is 14.9. The van der Waals surface area contributed by atoms with Gasteiger partial charge in [-0.15, -0.1) is 0 Å².